The van der Waals surface area contributed by atoms with E-state index in [-0.39, 0.29) is 39.9 Å². The monoisotopic (exact) mass is 196 g/mol. The van der Waals surface area contributed by atoms with Crippen molar-refractivity contribution in [1.82, 2.24) is 0 Å². The van der Waals surface area contributed by atoms with Gasteiger partial charge in [0.25, 0.3) is 0 Å². The number of hydrogen-bond acceptors (Lipinski definition) is 1. The predicted octanol–water partition coefficient (Wildman–Crippen LogP) is 0.0914. The van der Waals surface area contributed by atoms with Gasteiger partial charge in [0.1, 0.15) is 0 Å². The third-order valence-corrected chi connectivity index (χ3v) is 0. The van der Waals surface area contributed by atoms with E-state index < -0.39 is 0 Å². The first-order chi connectivity index (χ1) is 1.00. The van der Waals surface area contributed by atoms with Crippen LogP contribution < -0.4 is 0 Å². The molecule has 1 nitrogen and oxygen atoms in total. The van der Waals surface area contributed by atoms with Crippen molar-refractivity contribution >= 4 is 0 Å². The fourth-order valence-electron chi connectivity index (χ4n) is 0. The summed E-state index contributed by atoms with van der Waals surface area (Å²) in [6.07, 6.45) is 0. The van der Waals surface area contributed by atoms with Crippen LogP contribution in [0.3, 0.4) is 0 Å². The molecule has 0 saturated heterocycles. The maximum absolute atomic E-state index is 6.25. The molecule has 0 fully saturated rings. The second-order valence-electron chi connectivity index (χ2n) is 0. The van der Waals surface area contributed by atoms with E-state index in [4.69, 9.17) is 11.8 Å². The summed E-state index contributed by atoms with van der Waals surface area (Å²) in [4.78, 5) is 0. The van der Waals surface area contributed by atoms with Crippen LogP contribution in [0, 0.1) is 11.8 Å². The normalized spacial score (nSPS) is 0.500. The molecule has 4 heavy (non-hydrogen) atoms. The van der Waals surface area contributed by atoms with Crippen LogP contribution in [-0.4, -0.2) is 0 Å². The summed E-state index contributed by atoms with van der Waals surface area (Å²) in [7, 11) is 0. The Balaban J connectivity index is -0.00000000500. The molecular weight excluding hydrogens is 198 g/mol. The van der Waals surface area contributed by atoms with Gasteiger partial charge in [-0.2, -0.15) is 0 Å². The van der Waals surface area contributed by atoms with Crippen molar-refractivity contribution in [2.24, 2.45) is 0 Å². The Morgan fingerprint density at radius 1 is 1.25 bits per heavy atom. The molecule has 0 aliphatic heterocycles. The van der Waals surface area contributed by atoms with Gasteiger partial charge in [-0.15, -0.1) is 0 Å². The van der Waals surface area contributed by atoms with E-state index in [9.17, 15) is 0 Å². The molecule has 0 aliphatic carbocycles. The quantitative estimate of drug-likeness (QED) is 0.399. The van der Waals surface area contributed by atoms with Gasteiger partial charge in [-0.1, -0.05) is 0 Å². The first-order valence-electron chi connectivity index (χ1n) is 0.224. The predicted molar refractivity (Wildman–Crippen MR) is 4.97 cm³/mol. The first kappa shape index (κ1) is 21.6. The molecule has 3 heteroatoms. The van der Waals surface area contributed by atoms with Crippen molar-refractivity contribution in [2.45, 2.75) is 0 Å². The first-order valence-corrected chi connectivity index (χ1v) is 0.224. The van der Waals surface area contributed by atoms with E-state index in [0.29, 0.717) is 0 Å². The van der Waals surface area contributed by atoms with Crippen molar-refractivity contribution < 1.29 is 39.9 Å². The van der Waals surface area contributed by atoms with Gasteiger partial charge in [-0.25, -0.2) is 0 Å². The van der Waals surface area contributed by atoms with Crippen LogP contribution >= 0.6 is 0 Å². The smallest absolute Gasteiger partial charge is 0 e. The Labute approximate surface area is 51.8 Å². The molecule has 0 rings (SSSR count). The molecule has 0 aromatic heterocycles. The van der Waals surface area contributed by atoms with Crippen molar-refractivity contribution in [1.29, 1.82) is 5.26 Å². The average molecular weight is 198 g/mol. The van der Waals surface area contributed by atoms with Gasteiger partial charge >= 0.3 is 0 Å². The number of rotatable bonds is 0. The maximum Gasteiger partial charge on any atom is 0 e. The van der Waals surface area contributed by atoms with Crippen LogP contribution in [0.2, 0.25) is 0 Å². The zero-order valence-corrected chi connectivity index (χ0v) is 6.49. The molecule has 0 N–H and O–H groups in total. The average Bonchev–Trinajstić information content (AvgIpc) is 1.00. The van der Waals surface area contributed by atoms with Crippen LogP contribution in [0.4, 0.5) is 0 Å². The van der Waals surface area contributed by atoms with E-state index in [1.54, 1.807) is 0 Å². The third-order valence-electron chi connectivity index (χ3n) is 0. The van der Waals surface area contributed by atoms with Gasteiger partial charge < -0.3 is 11.8 Å². The Morgan fingerprint density at radius 2 is 1.25 bits per heavy atom. The molecule has 0 heterocycles. The van der Waals surface area contributed by atoms with Gasteiger partial charge in [0.15, 0.2) is 0 Å². The Bertz CT molecular complexity index is 12.8. The molecule has 0 atom stereocenters. The maximum atomic E-state index is 6.25. The van der Waals surface area contributed by atoms with Crippen molar-refractivity contribution in [3.05, 3.63) is 6.57 Å². The molecule has 0 amide bonds. The molecular formula is CNPdZn-. The van der Waals surface area contributed by atoms with Crippen molar-refractivity contribution in [2.75, 3.05) is 0 Å². The second-order valence-corrected chi connectivity index (χ2v) is 0. The standard InChI is InChI=1S/CN.Pd.Zn/c1-2;;/q-1;;. The molecule has 0 saturated carbocycles. The van der Waals surface area contributed by atoms with Crippen LogP contribution in [0.15, 0.2) is 0 Å². The molecule has 0 radical (unpaired) electrons. The van der Waals surface area contributed by atoms with Crippen LogP contribution in [-0.2, 0) is 39.9 Å². The zero-order chi connectivity index (χ0) is 2.00. The van der Waals surface area contributed by atoms with Gasteiger partial charge in [0, 0.05) is 39.9 Å². The SMILES string of the molecule is [C-]#N.[Pd].[Zn]. The van der Waals surface area contributed by atoms with Crippen LogP contribution in [0.1, 0.15) is 0 Å². The zero-order valence-electron chi connectivity index (χ0n) is 1.97. The summed E-state index contributed by atoms with van der Waals surface area (Å²) in [6.45, 7) is 4.75. The van der Waals surface area contributed by atoms with E-state index in [1.807, 2.05) is 0 Å². The molecule has 0 aliphatic rings. The van der Waals surface area contributed by atoms with Gasteiger partial charge in [-0.05, 0) is 0 Å². The molecule has 0 aromatic rings. The van der Waals surface area contributed by atoms with Gasteiger partial charge in [-0.3, -0.25) is 0 Å². The summed E-state index contributed by atoms with van der Waals surface area (Å²) in [6, 6.07) is 0. The van der Waals surface area contributed by atoms with Crippen LogP contribution in [0.25, 0.3) is 0 Å². The van der Waals surface area contributed by atoms with E-state index in [1.165, 1.54) is 0 Å². The topological polar surface area (TPSA) is 23.8 Å². The molecule has 22 valence electrons. The molecule has 0 spiro atoms. The largest absolute Gasteiger partial charge is 0.512 e. The van der Waals surface area contributed by atoms with Gasteiger partial charge in [0.2, 0.25) is 0 Å². The minimum Gasteiger partial charge on any atom is -0.512 e. The Morgan fingerprint density at radius 3 is 1.25 bits per heavy atom. The minimum atomic E-state index is 0. The molecule has 0 aromatic carbocycles. The summed E-state index contributed by atoms with van der Waals surface area (Å²) >= 11 is 0. The fraction of sp³-hybridized carbons (Fsp3) is 0. The number of hydrogen-bond donors (Lipinski definition) is 0. The van der Waals surface area contributed by atoms with Gasteiger partial charge in [0.05, 0.1) is 0 Å². The summed E-state index contributed by atoms with van der Waals surface area (Å²) in [5.74, 6) is 0. The van der Waals surface area contributed by atoms with Crippen molar-refractivity contribution in [3.8, 4) is 0 Å². The molecule has 0 unspecified atom stereocenters. The third kappa shape index (κ3) is 14.5. The fourth-order valence-corrected chi connectivity index (χ4v) is 0. The summed E-state index contributed by atoms with van der Waals surface area (Å²) < 4.78 is 0. The second kappa shape index (κ2) is 48.3. The Hall–Kier alpha value is 0.776. The molecule has 0 bridgehead atoms. The van der Waals surface area contributed by atoms with E-state index in [0.717, 1.165) is 0 Å². The minimum absolute atomic E-state index is 0. The van der Waals surface area contributed by atoms with Crippen molar-refractivity contribution in [3.63, 3.8) is 0 Å². The summed E-state index contributed by atoms with van der Waals surface area (Å²) in [5.41, 5.74) is 0. The summed E-state index contributed by atoms with van der Waals surface area (Å²) in [5, 5.41) is 6.25. The van der Waals surface area contributed by atoms with E-state index in [2.05, 4.69) is 0 Å². The van der Waals surface area contributed by atoms with Crippen LogP contribution in [0.5, 0.6) is 0 Å². The number of nitrogens with zero attached hydrogens (tertiary/aromatic N) is 1. The Kier molecular flexibility index (Phi) is 261. The van der Waals surface area contributed by atoms with E-state index >= 15 is 0 Å².